The zero-order valence-electron chi connectivity index (χ0n) is 10.1. The molecule has 0 heterocycles. The van der Waals surface area contributed by atoms with E-state index in [-0.39, 0.29) is 5.75 Å². The molecule has 0 aliphatic carbocycles. The van der Waals surface area contributed by atoms with Gasteiger partial charge in [-0.05, 0) is 29.8 Å². The number of hydrogen-bond donors (Lipinski definition) is 2. The van der Waals surface area contributed by atoms with Gasteiger partial charge in [-0.2, -0.15) is 0 Å². The summed E-state index contributed by atoms with van der Waals surface area (Å²) >= 11 is 12.0. The van der Waals surface area contributed by atoms with E-state index in [4.69, 9.17) is 33.7 Å². The number of hydrogen-bond acceptors (Lipinski definition) is 3. The maximum atomic E-state index is 9.21. The Bertz CT molecular complexity index is 570. The smallest absolute Gasteiger partial charge is 0.142 e. The molecule has 2 rings (SSSR count). The first-order chi connectivity index (χ1) is 9.10. The molecule has 0 aromatic heterocycles. The topological polar surface area (TPSA) is 55.5 Å². The van der Waals surface area contributed by atoms with Gasteiger partial charge in [-0.25, -0.2) is 0 Å². The first-order valence-corrected chi connectivity index (χ1v) is 6.44. The number of nitrogens with two attached hydrogens (primary N) is 1. The van der Waals surface area contributed by atoms with Gasteiger partial charge in [0, 0.05) is 17.1 Å². The van der Waals surface area contributed by atoms with Crippen molar-refractivity contribution in [3.05, 3.63) is 57.6 Å². The van der Waals surface area contributed by atoms with Gasteiger partial charge < -0.3 is 15.6 Å². The second-order valence-electron chi connectivity index (χ2n) is 4.04. The Kier molecular flexibility index (Phi) is 4.53. The average Bonchev–Trinajstić information content (AvgIpc) is 2.39. The highest BCUT2D eigenvalue weighted by Crippen LogP contribution is 2.32. The van der Waals surface area contributed by atoms with Crippen LogP contribution in [0.4, 0.5) is 0 Å². The molecule has 0 saturated heterocycles. The zero-order chi connectivity index (χ0) is 13.8. The zero-order valence-corrected chi connectivity index (χ0v) is 11.6. The fourth-order valence-corrected chi connectivity index (χ4v) is 2.26. The number of benzene rings is 2. The number of rotatable bonds is 4. The number of phenolic OH excluding ortho intramolecular Hbond substituents is 1. The van der Waals surface area contributed by atoms with Crippen LogP contribution in [0.15, 0.2) is 36.4 Å². The van der Waals surface area contributed by atoms with Crippen molar-refractivity contribution in [2.75, 3.05) is 0 Å². The predicted molar refractivity (Wildman–Crippen MR) is 76.8 cm³/mol. The maximum absolute atomic E-state index is 9.21. The standard InChI is InChI=1S/C14H13Cl2NO2/c15-11-5-10(7-17)14(13(16)6-11)19-8-9-1-3-12(18)4-2-9/h1-6,18H,7-8,17H2. The lowest BCUT2D eigenvalue weighted by Gasteiger charge is -2.13. The van der Waals surface area contributed by atoms with Crippen LogP contribution in [0.25, 0.3) is 0 Å². The van der Waals surface area contributed by atoms with E-state index in [0.29, 0.717) is 28.9 Å². The lowest BCUT2D eigenvalue weighted by molar-refractivity contribution is 0.303. The molecule has 0 saturated carbocycles. The molecule has 19 heavy (non-hydrogen) atoms. The monoisotopic (exact) mass is 297 g/mol. The highest BCUT2D eigenvalue weighted by Gasteiger charge is 2.10. The summed E-state index contributed by atoms with van der Waals surface area (Å²) < 4.78 is 5.69. The summed E-state index contributed by atoms with van der Waals surface area (Å²) in [6, 6.07) is 10.1. The Morgan fingerprint density at radius 3 is 2.42 bits per heavy atom. The minimum absolute atomic E-state index is 0.218. The van der Waals surface area contributed by atoms with E-state index in [1.54, 1.807) is 36.4 Å². The summed E-state index contributed by atoms with van der Waals surface area (Å²) in [6.45, 7) is 0.639. The first-order valence-electron chi connectivity index (χ1n) is 5.69. The molecule has 0 bridgehead atoms. The number of halogens is 2. The van der Waals surface area contributed by atoms with Crippen molar-refractivity contribution in [1.82, 2.24) is 0 Å². The van der Waals surface area contributed by atoms with Gasteiger partial charge >= 0.3 is 0 Å². The Hall–Kier alpha value is -1.42. The van der Waals surface area contributed by atoms with Gasteiger partial charge in [0.2, 0.25) is 0 Å². The summed E-state index contributed by atoms with van der Waals surface area (Å²) in [4.78, 5) is 0. The van der Waals surface area contributed by atoms with Crippen LogP contribution in [0.3, 0.4) is 0 Å². The Morgan fingerprint density at radius 2 is 1.79 bits per heavy atom. The van der Waals surface area contributed by atoms with E-state index in [0.717, 1.165) is 11.1 Å². The van der Waals surface area contributed by atoms with Crippen LogP contribution < -0.4 is 10.5 Å². The largest absolute Gasteiger partial charge is 0.508 e. The van der Waals surface area contributed by atoms with E-state index in [9.17, 15) is 5.11 Å². The van der Waals surface area contributed by atoms with Gasteiger partial charge in [-0.1, -0.05) is 35.3 Å². The molecular weight excluding hydrogens is 285 g/mol. The van der Waals surface area contributed by atoms with E-state index in [2.05, 4.69) is 0 Å². The van der Waals surface area contributed by atoms with E-state index in [1.165, 1.54) is 0 Å². The van der Waals surface area contributed by atoms with Crippen LogP contribution in [0.2, 0.25) is 10.0 Å². The predicted octanol–water partition coefficient (Wildman–Crippen LogP) is 3.74. The second-order valence-corrected chi connectivity index (χ2v) is 4.88. The third-order valence-electron chi connectivity index (χ3n) is 2.62. The SMILES string of the molecule is NCc1cc(Cl)cc(Cl)c1OCc1ccc(O)cc1. The average molecular weight is 298 g/mol. The minimum Gasteiger partial charge on any atom is -0.508 e. The van der Waals surface area contributed by atoms with Crippen LogP contribution in [0, 0.1) is 0 Å². The Morgan fingerprint density at radius 1 is 1.11 bits per heavy atom. The van der Waals surface area contributed by atoms with Gasteiger partial charge in [0.1, 0.15) is 18.1 Å². The Labute approximate surface area is 121 Å². The molecule has 0 atom stereocenters. The van der Waals surface area contributed by atoms with Gasteiger partial charge in [-0.3, -0.25) is 0 Å². The van der Waals surface area contributed by atoms with Crippen molar-refractivity contribution in [3.8, 4) is 11.5 Å². The lowest BCUT2D eigenvalue weighted by Crippen LogP contribution is -2.03. The van der Waals surface area contributed by atoms with Gasteiger partial charge in [0.15, 0.2) is 0 Å². The fraction of sp³-hybridized carbons (Fsp3) is 0.143. The van der Waals surface area contributed by atoms with Gasteiger partial charge in [-0.15, -0.1) is 0 Å². The molecule has 100 valence electrons. The van der Waals surface area contributed by atoms with Gasteiger partial charge in [0.25, 0.3) is 0 Å². The van der Waals surface area contributed by atoms with E-state index in [1.807, 2.05) is 0 Å². The summed E-state index contributed by atoms with van der Waals surface area (Å²) in [5.41, 5.74) is 7.33. The normalized spacial score (nSPS) is 10.5. The molecule has 3 N–H and O–H groups in total. The molecule has 0 fully saturated rings. The molecule has 2 aromatic carbocycles. The van der Waals surface area contributed by atoms with Crippen LogP contribution in [-0.2, 0) is 13.2 Å². The molecule has 0 unspecified atom stereocenters. The van der Waals surface area contributed by atoms with Crippen molar-refractivity contribution in [2.24, 2.45) is 5.73 Å². The molecule has 5 heteroatoms. The van der Waals surface area contributed by atoms with Gasteiger partial charge in [0.05, 0.1) is 5.02 Å². The maximum Gasteiger partial charge on any atom is 0.142 e. The summed E-state index contributed by atoms with van der Waals surface area (Å²) in [6.07, 6.45) is 0. The second kappa shape index (κ2) is 6.15. The van der Waals surface area contributed by atoms with E-state index >= 15 is 0 Å². The van der Waals surface area contributed by atoms with Crippen molar-refractivity contribution >= 4 is 23.2 Å². The highest BCUT2D eigenvalue weighted by molar-refractivity contribution is 6.35. The van der Waals surface area contributed by atoms with Crippen LogP contribution in [-0.4, -0.2) is 5.11 Å². The fourth-order valence-electron chi connectivity index (χ4n) is 1.67. The van der Waals surface area contributed by atoms with Crippen molar-refractivity contribution in [3.63, 3.8) is 0 Å². The van der Waals surface area contributed by atoms with Crippen LogP contribution >= 0.6 is 23.2 Å². The lowest BCUT2D eigenvalue weighted by atomic mass is 10.2. The quantitative estimate of drug-likeness (QED) is 0.904. The van der Waals surface area contributed by atoms with Crippen LogP contribution in [0.5, 0.6) is 11.5 Å². The number of aromatic hydroxyl groups is 1. The minimum atomic E-state index is 0.218. The molecule has 3 nitrogen and oxygen atoms in total. The molecule has 0 spiro atoms. The summed E-state index contributed by atoms with van der Waals surface area (Å²) in [7, 11) is 0. The first kappa shape index (κ1) is 14.0. The molecule has 0 radical (unpaired) electrons. The molecule has 0 aliphatic heterocycles. The molecule has 2 aromatic rings. The molecular formula is C14H13Cl2NO2. The molecule has 0 aliphatic rings. The Balaban J connectivity index is 2.17. The summed E-state index contributed by atoms with van der Waals surface area (Å²) in [5.74, 6) is 0.762. The number of ether oxygens (including phenoxy) is 1. The molecule has 0 amide bonds. The third kappa shape index (κ3) is 3.53. The highest BCUT2D eigenvalue weighted by atomic mass is 35.5. The van der Waals surface area contributed by atoms with E-state index < -0.39 is 0 Å². The number of phenols is 1. The van der Waals surface area contributed by atoms with Crippen molar-refractivity contribution < 1.29 is 9.84 Å². The third-order valence-corrected chi connectivity index (χ3v) is 3.12. The van der Waals surface area contributed by atoms with Crippen molar-refractivity contribution in [1.29, 1.82) is 0 Å². The van der Waals surface area contributed by atoms with Crippen molar-refractivity contribution in [2.45, 2.75) is 13.2 Å². The summed E-state index contributed by atoms with van der Waals surface area (Å²) in [5, 5.41) is 10.2. The van der Waals surface area contributed by atoms with Crippen LogP contribution in [0.1, 0.15) is 11.1 Å².